The lowest BCUT2D eigenvalue weighted by Crippen LogP contribution is -2.46. The highest BCUT2D eigenvalue weighted by molar-refractivity contribution is 7.90. The van der Waals surface area contributed by atoms with E-state index in [1.165, 1.54) is 14.0 Å². The Balaban J connectivity index is 4.15. The molecule has 2 amide bonds. The van der Waals surface area contributed by atoms with Crippen LogP contribution in [0.5, 0.6) is 0 Å². The molecule has 0 heterocycles. The van der Waals surface area contributed by atoms with Crippen LogP contribution in [0.15, 0.2) is 0 Å². The zero-order valence-corrected chi connectivity index (χ0v) is 10.2. The number of aliphatic carboxylic acids is 1. The van der Waals surface area contributed by atoms with Gasteiger partial charge in [-0.05, 0) is 6.92 Å². The van der Waals surface area contributed by atoms with E-state index in [2.05, 4.69) is 5.32 Å². The average Bonchev–Trinajstić information content (AvgIpc) is 2.12. The van der Waals surface area contributed by atoms with Crippen LogP contribution in [0, 0.1) is 0 Å². The minimum atomic E-state index is -3.14. The maximum atomic E-state index is 11.3. The Bertz CT molecular complexity index is 365. The average molecular weight is 252 g/mol. The smallest absolute Gasteiger partial charge is 0.325 e. The predicted octanol–water partition coefficient (Wildman–Crippen LogP) is -0.854. The third-order valence-corrected chi connectivity index (χ3v) is 2.78. The number of carboxylic acids is 1. The molecule has 0 aliphatic heterocycles. The molecule has 1 atom stereocenters. The van der Waals surface area contributed by atoms with Crippen molar-refractivity contribution in [1.82, 2.24) is 10.2 Å². The molecule has 0 radical (unpaired) electrons. The van der Waals surface area contributed by atoms with Crippen LogP contribution in [0.25, 0.3) is 0 Å². The van der Waals surface area contributed by atoms with Crippen molar-refractivity contribution >= 4 is 21.8 Å². The van der Waals surface area contributed by atoms with Gasteiger partial charge in [-0.2, -0.15) is 0 Å². The Hall–Kier alpha value is -1.31. The lowest BCUT2D eigenvalue weighted by molar-refractivity contribution is -0.138. The normalized spacial score (nSPS) is 12.9. The molecule has 16 heavy (non-hydrogen) atoms. The predicted molar refractivity (Wildman–Crippen MR) is 58.0 cm³/mol. The van der Waals surface area contributed by atoms with Crippen molar-refractivity contribution in [3.8, 4) is 0 Å². The molecular formula is C8H16N2O5S. The molecule has 0 aliphatic rings. The van der Waals surface area contributed by atoms with Crippen LogP contribution >= 0.6 is 0 Å². The first-order chi connectivity index (χ1) is 7.13. The van der Waals surface area contributed by atoms with Crippen molar-refractivity contribution in [3.63, 3.8) is 0 Å². The van der Waals surface area contributed by atoms with E-state index in [4.69, 9.17) is 5.11 Å². The number of hydrogen-bond donors (Lipinski definition) is 2. The second-order valence-corrected chi connectivity index (χ2v) is 5.82. The molecule has 0 rings (SSSR count). The van der Waals surface area contributed by atoms with Crippen LogP contribution in [-0.4, -0.2) is 62.1 Å². The molecule has 0 aliphatic carbocycles. The molecule has 0 aromatic carbocycles. The van der Waals surface area contributed by atoms with Gasteiger partial charge in [0.15, 0.2) is 0 Å². The molecule has 0 saturated carbocycles. The van der Waals surface area contributed by atoms with E-state index in [9.17, 15) is 18.0 Å². The Morgan fingerprint density at radius 1 is 1.44 bits per heavy atom. The molecule has 0 aromatic heterocycles. The van der Waals surface area contributed by atoms with Gasteiger partial charge in [0.2, 0.25) is 0 Å². The maximum Gasteiger partial charge on any atom is 0.325 e. The molecule has 7 nitrogen and oxygen atoms in total. The summed E-state index contributed by atoms with van der Waals surface area (Å²) in [5, 5.41) is 10.8. The van der Waals surface area contributed by atoms with E-state index in [0.29, 0.717) is 0 Å². The highest BCUT2D eigenvalue weighted by atomic mass is 32.2. The van der Waals surface area contributed by atoms with E-state index in [0.717, 1.165) is 11.2 Å². The molecule has 0 aromatic rings. The summed E-state index contributed by atoms with van der Waals surface area (Å²) in [6.07, 6.45) is 1.07. The van der Waals surface area contributed by atoms with E-state index in [1.807, 2.05) is 0 Å². The summed E-state index contributed by atoms with van der Waals surface area (Å²) >= 11 is 0. The highest BCUT2D eigenvalue weighted by Gasteiger charge is 2.17. The third kappa shape index (κ3) is 6.23. The number of sulfone groups is 1. The fraction of sp³-hybridized carbons (Fsp3) is 0.750. The Kier molecular flexibility index (Phi) is 5.22. The number of urea groups is 1. The topological polar surface area (TPSA) is 104 Å². The van der Waals surface area contributed by atoms with Crippen molar-refractivity contribution in [2.75, 3.05) is 25.6 Å². The molecule has 0 saturated heterocycles. The number of nitrogens with zero attached hydrogens (tertiary/aromatic N) is 1. The van der Waals surface area contributed by atoms with Crippen LogP contribution in [0.4, 0.5) is 4.79 Å². The maximum absolute atomic E-state index is 11.3. The van der Waals surface area contributed by atoms with Crippen LogP contribution < -0.4 is 5.32 Å². The third-order valence-electron chi connectivity index (χ3n) is 1.85. The fourth-order valence-electron chi connectivity index (χ4n) is 0.761. The van der Waals surface area contributed by atoms with Gasteiger partial charge in [0.05, 0.1) is 5.75 Å². The van der Waals surface area contributed by atoms with Gasteiger partial charge in [0.25, 0.3) is 0 Å². The van der Waals surface area contributed by atoms with E-state index >= 15 is 0 Å². The van der Waals surface area contributed by atoms with Gasteiger partial charge in [0, 0.05) is 19.8 Å². The van der Waals surface area contributed by atoms with Gasteiger partial charge >= 0.3 is 12.0 Å². The second-order valence-electron chi connectivity index (χ2n) is 3.56. The summed E-state index contributed by atoms with van der Waals surface area (Å²) < 4.78 is 21.7. The van der Waals surface area contributed by atoms with E-state index in [1.54, 1.807) is 0 Å². The van der Waals surface area contributed by atoms with Gasteiger partial charge in [-0.15, -0.1) is 0 Å². The standard InChI is InChI=1S/C8H16N2O5S/c1-6(7(11)12)9-8(13)10(2)4-5-16(3,14)15/h6H,4-5H2,1-3H3,(H,9,13)(H,11,12). The highest BCUT2D eigenvalue weighted by Crippen LogP contribution is 1.91. The van der Waals surface area contributed by atoms with Crippen LogP contribution in [0.3, 0.4) is 0 Å². The lowest BCUT2D eigenvalue weighted by atomic mass is 10.3. The minimum Gasteiger partial charge on any atom is -0.480 e. The minimum absolute atomic E-state index is 0.0248. The van der Waals surface area contributed by atoms with Crippen LogP contribution in [0.1, 0.15) is 6.92 Å². The fourth-order valence-corrected chi connectivity index (χ4v) is 1.37. The Morgan fingerprint density at radius 2 is 1.94 bits per heavy atom. The quantitative estimate of drug-likeness (QED) is 0.663. The zero-order chi connectivity index (χ0) is 12.9. The monoisotopic (exact) mass is 252 g/mol. The summed E-state index contributed by atoms with van der Waals surface area (Å²) in [5.74, 6) is -1.30. The summed E-state index contributed by atoms with van der Waals surface area (Å²) in [6, 6.07) is -1.62. The summed E-state index contributed by atoms with van der Waals surface area (Å²) in [6.45, 7) is 1.35. The van der Waals surface area contributed by atoms with Gasteiger partial charge in [-0.3, -0.25) is 4.79 Å². The number of rotatable bonds is 5. The number of carboxylic acid groups (broad SMARTS) is 1. The molecule has 8 heteroatoms. The largest absolute Gasteiger partial charge is 0.480 e. The SMILES string of the molecule is CC(NC(=O)N(C)CCS(C)(=O)=O)C(=O)O. The van der Waals surface area contributed by atoms with Crippen LogP contribution in [0.2, 0.25) is 0 Å². The first kappa shape index (κ1) is 14.7. The van der Waals surface area contributed by atoms with E-state index < -0.39 is 27.9 Å². The van der Waals surface area contributed by atoms with Crippen LogP contribution in [-0.2, 0) is 14.6 Å². The Morgan fingerprint density at radius 3 is 2.31 bits per heavy atom. The first-order valence-corrected chi connectivity index (χ1v) is 6.61. The van der Waals surface area contributed by atoms with Crippen molar-refractivity contribution in [2.45, 2.75) is 13.0 Å². The molecule has 0 spiro atoms. The van der Waals surface area contributed by atoms with Crippen molar-refractivity contribution < 1.29 is 23.1 Å². The lowest BCUT2D eigenvalue weighted by Gasteiger charge is -2.19. The molecule has 2 N–H and O–H groups in total. The molecule has 0 fully saturated rings. The number of hydrogen-bond acceptors (Lipinski definition) is 4. The Labute approximate surface area is 94.3 Å². The molecular weight excluding hydrogens is 236 g/mol. The zero-order valence-electron chi connectivity index (χ0n) is 9.43. The number of carbonyl (C=O) groups excluding carboxylic acids is 1. The van der Waals surface area contributed by atoms with E-state index in [-0.39, 0.29) is 12.3 Å². The molecule has 1 unspecified atom stereocenters. The van der Waals surface area contributed by atoms with Crippen molar-refractivity contribution in [1.29, 1.82) is 0 Å². The summed E-state index contributed by atoms with van der Waals surface area (Å²) in [4.78, 5) is 22.9. The summed E-state index contributed by atoms with van der Waals surface area (Å²) in [7, 11) is -1.74. The summed E-state index contributed by atoms with van der Waals surface area (Å²) in [5.41, 5.74) is 0. The number of nitrogens with one attached hydrogen (secondary N) is 1. The number of amides is 2. The van der Waals surface area contributed by atoms with Gasteiger partial charge in [0.1, 0.15) is 15.9 Å². The van der Waals surface area contributed by atoms with Gasteiger partial charge in [-0.1, -0.05) is 0 Å². The van der Waals surface area contributed by atoms with Gasteiger partial charge in [-0.25, -0.2) is 13.2 Å². The first-order valence-electron chi connectivity index (χ1n) is 4.55. The second kappa shape index (κ2) is 5.69. The van der Waals surface area contributed by atoms with Crippen molar-refractivity contribution in [3.05, 3.63) is 0 Å². The molecule has 0 bridgehead atoms. The molecule has 94 valence electrons. The van der Waals surface area contributed by atoms with Gasteiger partial charge < -0.3 is 15.3 Å². The van der Waals surface area contributed by atoms with Crippen molar-refractivity contribution in [2.24, 2.45) is 0 Å². The number of carbonyl (C=O) groups is 2.